The van der Waals surface area contributed by atoms with Gasteiger partial charge in [-0.2, -0.15) is 0 Å². The summed E-state index contributed by atoms with van der Waals surface area (Å²) >= 11 is 0. The van der Waals surface area contributed by atoms with Crippen LogP contribution in [0.2, 0.25) is 0 Å². The first kappa shape index (κ1) is 22.9. The molecule has 3 aromatic rings. The lowest BCUT2D eigenvalue weighted by molar-refractivity contribution is 0.340. The number of nitrogens with zero attached hydrogens (tertiary/aromatic N) is 2. The first-order chi connectivity index (χ1) is 14.7. The van der Waals surface area contributed by atoms with Crippen molar-refractivity contribution >= 4 is 19.9 Å². The molecule has 0 radical (unpaired) electrons. The lowest BCUT2D eigenvalue weighted by atomic mass is 10.2. The standard InChI is InChI=1S/C20H23N3O6S2/c1-4-28-17-7-9-18(10-8-17)30(24,25)19(16-6-5-11-21-12-16)13-22-31(26,27)20-14(2)23-29-15(20)3/h5-12,19,22H,4,13H2,1-3H3. The molecule has 166 valence electrons. The maximum absolute atomic E-state index is 13.4. The van der Waals surface area contributed by atoms with Crippen LogP contribution in [0.15, 0.2) is 63.1 Å². The molecule has 1 N–H and O–H groups in total. The van der Waals surface area contributed by atoms with Gasteiger partial charge in [0.15, 0.2) is 15.6 Å². The van der Waals surface area contributed by atoms with E-state index in [-0.39, 0.29) is 21.2 Å². The van der Waals surface area contributed by atoms with Crippen LogP contribution in [-0.4, -0.2) is 40.1 Å². The first-order valence-electron chi connectivity index (χ1n) is 9.46. The highest BCUT2D eigenvalue weighted by molar-refractivity contribution is 7.92. The molecule has 1 atom stereocenters. The summed E-state index contributed by atoms with van der Waals surface area (Å²) in [6, 6.07) is 9.18. The Morgan fingerprint density at radius 2 is 1.81 bits per heavy atom. The molecule has 0 spiro atoms. The van der Waals surface area contributed by atoms with Gasteiger partial charge in [-0.1, -0.05) is 11.2 Å². The zero-order chi connectivity index (χ0) is 22.6. The van der Waals surface area contributed by atoms with Gasteiger partial charge in [0.2, 0.25) is 10.0 Å². The van der Waals surface area contributed by atoms with Crippen molar-refractivity contribution in [3.05, 3.63) is 65.8 Å². The Bertz CT molecular complexity index is 1220. The van der Waals surface area contributed by atoms with Gasteiger partial charge in [0.05, 0.1) is 11.5 Å². The quantitative estimate of drug-likeness (QED) is 0.511. The molecule has 31 heavy (non-hydrogen) atoms. The minimum atomic E-state index is -4.05. The van der Waals surface area contributed by atoms with E-state index in [1.807, 2.05) is 6.92 Å². The zero-order valence-electron chi connectivity index (χ0n) is 17.3. The Kier molecular flexibility index (Phi) is 6.77. The van der Waals surface area contributed by atoms with Crippen LogP contribution in [0.1, 0.15) is 29.2 Å². The predicted molar refractivity (Wildman–Crippen MR) is 113 cm³/mol. The predicted octanol–water partition coefficient (Wildman–Crippen LogP) is 2.58. The van der Waals surface area contributed by atoms with E-state index in [9.17, 15) is 16.8 Å². The highest BCUT2D eigenvalue weighted by Gasteiger charge is 2.32. The molecule has 0 amide bonds. The average Bonchev–Trinajstić information content (AvgIpc) is 3.08. The number of nitrogens with one attached hydrogen (secondary N) is 1. The van der Waals surface area contributed by atoms with Gasteiger partial charge in [0.25, 0.3) is 0 Å². The number of hydrogen-bond donors (Lipinski definition) is 1. The highest BCUT2D eigenvalue weighted by atomic mass is 32.2. The lowest BCUT2D eigenvalue weighted by Gasteiger charge is -2.19. The number of aryl methyl sites for hydroxylation is 2. The van der Waals surface area contributed by atoms with Crippen LogP contribution in [0.25, 0.3) is 0 Å². The average molecular weight is 466 g/mol. The van der Waals surface area contributed by atoms with E-state index in [1.54, 1.807) is 24.3 Å². The van der Waals surface area contributed by atoms with Crippen LogP contribution in [0, 0.1) is 13.8 Å². The summed E-state index contributed by atoms with van der Waals surface area (Å²) in [6.45, 7) is 4.86. The fourth-order valence-corrected chi connectivity index (χ4v) is 6.27. The van der Waals surface area contributed by atoms with Gasteiger partial charge in [0, 0.05) is 18.9 Å². The fourth-order valence-electron chi connectivity index (χ4n) is 3.15. The van der Waals surface area contributed by atoms with Gasteiger partial charge in [-0.25, -0.2) is 21.6 Å². The third-order valence-corrected chi connectivity index (χ3v) is 8.37. The minimum absolute atomic E-state index is 0.0429. The number of hydrogen-bond acceptors (Lipinski definition) is 8. The second-order valence-corrected chi connectivity index (χ2v) is 10.6. The Morgan fingerprint density at radius 3 is 2.35 bits per heavy atom. The molecule has 1 unspecified atom stereocenters. The molecule has 0 bridgehead atoms. The maximum Gasteiger partial charge on any atom is 0.246 e. The monoisotopic (exact) mass is 465 g/mol. The minimum Gasteiger partial charge on any atom is -0.494 e. The van der Waals surface area contributed by atoms with Crippen LogP contribution in [0.5, 0.6) is 5.75 Å². The molecule has 0 saturated heterocycles. The number of benzene rings is 1. The summed E-state index contributed by atoms with van der Waals surface area (Å²) in [5.74, 6) is 0.663. The molecule has 0 fully saturated rings. The van der Waals surface area contributed by atoms with Crippen molar-refractivity contribution in [1.29, 1.82) is 0 Å². The maximum atomic E-state index is 13.4. The van der Waals surface area contributed by atoms with Crippen molar-refractivity contribution in [3.63, 3.8) is 0 Å². The molecule has 11 heteroatoms. The van der Waals surface area contributed by atoms with Crippen LogP contribution in [-0.2, 0) is 19.9 Å². The Balaban J connectivity index is 1.96. The summed E-state index contributed by atoms with van der Waals surface area (Å²) in [5.41, 5.74) is 0.551. The smallest absolute Gasteiger partial charge is 0.246 e. The SMILES string of the molecule is CCOc1ccc(S(=O)(=O)C(CNS(=O)(=O)c2c(C)noc2C)c2cccnc2)cc1. The van der Waals surface area contributed by atoms with Crippen molar-refractivity contribution in [1.82, 2.24) is 14.9 Å². The number of sulfone groups is 1. The molecule has 1 aromatic carbocycles. The van der Waals surface area contributed by atoms with E-state index >= 15 is 0 Å². The number of pyridine rings is 1. The second kappa shape index (κ2) is 9.16. The highest BCUT2D eigenvalue weighted by Crippen LogP contribution is 2.30. The second-order valence-electron chi connectivity index (χ2n) is 6.73. The Labute approximate surface area is 181 Å². The van der Waals surface area contributed by atoms with Crippen molar-refractivity contribution in [2.45, 2.75) is 35.8 Å². The van der Waals surface area contributed by atoms with Crippen LogP contribution in [0.3, 0.4) is 0 Å². The van der Waals surface area contributed by atoms with Crippen molar-refractivity contribution in [2.75, 3.05) is 13.2 Å². The van der Waals surface area contributed by atoms with Gasteiger partial charge in [-0.05, 0) is 56.7 Å². The summed E-state index contributed by atoms with van der Waals surface area (Å²) in [4.78, 5) is 3.93. The normalized spacial score (nSPS) is 13.1. The van der Waals surface area contributed by atoms with E-state index in [1.165, 1.54) is 38.4 Å². The molecule has 2 aromatic heterocycles. The zero-order valence-corrected chi connectivity index (χ0v) is 18.9. The topological polar surface area (TPSA) is 128 Å². The van der Waals surface area contributed by atoms with Gasteiger partial charge in [-0.3, -0.25) is 4.98 Å². The molecule has 3 rings (SSSR count). The molecule has 0 aliphatic carbocycles. The van der Waals surface area contributed by atoms with Crippen LogP contribution in [0.4, 0.5) is 0 Å². The van der Waals surface area contributed by atoms with Gasteiger partial charge >= 0.3 is 0 Å². The van der Waals surface area contributed by atoms with E-state index in [2.05, 4.69) is 14.9 Å². The van der Waals surface area contributed by atoms with Crippen LogP contribution < -0.4 is 9.46 Å². The Hall–Kier alpha value is -2.76. The van der Waals surface area contributed by atoms with Gasteiger partial charge in [-0.15, -0.1) is 0 Å². The summed E-state index contributed by atoms with van der Waals surface area (Å²) in [6.07, 6.45) is 2.92. The largest absolute Gasteiger partial charge is 0.494 e. The number of rotatable bonds is 9. The number of sulfonamides is 1. The van der Waals surface area contributed by atoms with E-state index < -0.39 is 31.7 Å². The van der Waals surface area contributed by atoms with Crippen molar-refractivity contribution in [2.24, 2.45) is 0 Å². The third-order valence-electron chi connectivity index (χ3n) is 4.59. The van der Waals surface area contributed by atoms with Crippen LogP contribution >= 0.6 is 0 Å². The van der Waals surface area contributed by atoms with Crippen molar-refractivity contribution < 1.29 is 26.1 Å². The number of ether oxygens (including phenoxy) is 1. The number of aromatic nitrogens is 2. The third kappa shape index (κ3) is 4.94. The summed E-state index contributed by atoms with van der Waals surface area (Å²) in [5, 5.41) is 2.45. The molecule has 0 aliphatic heterocycles. The molecular formula is C20H23N3O6S2. The van der Waals surface area contributed by atoms with E-state index in [4.69, 9.17) is 9.26 Å². The van der Waals surface area contributed by atoms with E-state index in [0.717, 1.165) is 0 Å². The molecule has 0 aliphatic rings. The summed E-state index contributed by atoms with van der Waals surface area (Å²) in [7, 11) is -8.01. The first-order valence-corrected chi connectivity index (χ1v) is 12.5. The molecular weight excluding hydrogens is 442 g/mol. The molecule has 9 nitrogen and oxygen atoms in total. The Morgan fingerprint density at radius 1 is 1.10 bits per heavy atom. The lowest BCUT2D eigenvalue weighted by Crippen LogP contribution is -2.32. The fraction of sp³-hybridized carbons (Fsp3) is 0.300. The molecule has 2 heterocycles. The van der Waals surface area contributed by atoms with Gasteiger partial charge < -0.3 is 9.26 Å². The van der Waals surface area contributed by atoms with Gasteiger partial charge in [0.1, 0.15) is 21.6 Å². The molecule has 0 saturated carbocycles. The van der Waals surface area contributed by atoms with Crippen molar-refractivity contribution in [3.8, 4) is 5.75 Å². The van der Waals surface area contributed by atoms with E-state index in [0.29, 0.717) is 17.9 Å². The summed E-state index contributed by atoms with van der Waals surface area (Å²) < 4.78 is 65.1.